The fraction of sp³-hybridized carbons (Fsp3) is 0.538. The molecular weight excluding hydrogens is 221 g/mol. The van der Waals surface area contributed by atoms with Gasteiger partial charge in [-0.05, 0) is 56.1 Å². The summed E-state index contributed by atoms with van der Waals surface area (Å²) in [6, 6.07) is 6.92. The van der Waals surface area contributed by atoms with Crippen molar-refractivity contribution in [2.75, 3.05) is 19.6 Å². The third-order valence-corrected chi connectivity index (χ3v) is 5.08. The number of halogens is 1. The van der Waals surface area contributed by atoms with E-state index in [9.17, 15) is 4.39 Å². The van der Waals surface area contributed by atoms with Crippen molar-refractivity contribution in [3.63, 3.8) is 0 Å². The van der Waals surface area contributed by atoms with Crippen molar-refractivity contribution in [3.8, 4) is 0 Å². The van der Waals surface area contributed by atoms with Crippen molar-refractivity contribution in [1.82, 2.24) is 4.90 Å². The van der Waals surface area contributed by atoms with Gasteiger partial charge in [-0.15, -0.1) is 11.8 Å². The average Bonchev–Trinajstić information content (AvgIpc) is 2.34. The number of hydrogen-bond donors (Lipinski definition) is 0. The zero-order chi connectivity index (χ0) is 11.0. The molecular formula is C13H16FNS. The Morgan fingerprint density at radius 1 is 1.12 bits per heavy atom. The predicted octanol–water partition coefficient (Wildman–Crippen LogP) is 3.01. The lowest BCUT2D eigenvalue weighted by Crippen LogP contribution is -2.48. The first-order valence-electron chi connectivity index (χ1n) is 5.96. The number of hydrogen-bond acceptors (Lipinski definition) is 2. The van der Waals surface area contributed by atoms with Crippen LogP contribution in [-0.2, 0) is 0 Å². The summed E-state index contributed by atoms with van der Waals surface area (Å²) in [6.07, 6.45) is 2.69. The molecule has 3 saturated heterocycles. The second kappa shape index (κ2) is 4.38. The SMILES string of the molecule is Fc1ccc(S[C@H]2CN3CCC2CC3)cc1. The summed E-state index contributed by atoms with van der Waals surface area (Å²) in [6.45, 7) is 3.78. The average molecular weight is 237 g/mol. The van der Waals surface area contributed by atoms with Crippen molar-refractivity contribution in [3.05, 3.63) is 30.1 Å². The minimum absolute atomic E-state index is 0.140. The van der Waals surface area contributed by atoms with Crippen molar-refractivity contribution >= 4 is 11.8 Å². The van der Waals surface area contributed by atoms with Gasteiger partial charge in [0.1, 0.15) is 5.82 Å². The van der Waals surface area contributed by atoms with E-state index in [1.807, 2.05) is 23.9 Å². The monoisotopic (exact) mass is 237 g/mol. The fourth-order valence-electron chi connectivity index (χ4n) is 2.73. The van der Waals surface area contributed by atoms with Gasteiger partial charge in [-0.1, -0.05) is 0 Å². The first-order valence-corrected chi connectivity index (χ1v) is 6.84. The van der Waals surface area contributed by atoms with E-state index in [1.54, 1.807) is 12.1 Å². The fourth-order valence-corrected chi connectivity index (χ4v) is 4.13. The van der Waals surface area contributed by atoms with E-state index in [0.717, 1.165) is 5.92 Å². The smallest absolute Gasteiger partial charge is 0.123 e. The van der Waals surface area contributed by atoms with Crippen molar-refractivity contribution in [2.45, 2.75) is 23.0 Å². The molecule has 3 heterocycles. The van der Waals surface area contributed by atoms with Crippen LogP contribution in [0.3, 0.4) is 0 Å². The predicted molar refractivity (Wildman–Crippen MR) is 65.2 cm³/mol. The molecule has 0 unspecified atom stereocenters. The van der Waals surface area contributed by atoms with Crippen LogP contribution in [0.2, 0.25) is 0 Å². The second-order valence-corrected chi connectivity index (χ2v) is 6.06. The summed E-state index contributed by atoms with van der Waals surface area (Å²) in [5.41, 5.74) is 0. The quantitative estimate of drug-likeness (QED) is 0.778. The zero-order valence-corrected chi connectivity index (χ0v) is 10.0. The first-order chi connectivity index (χ1) is 7.81. The van der Waals surface area contributed by atoms with Gasteiger partial charge in [-0.2, -0.15) is 0 Å². The van der Waals surface area contributed by atoms with Crippen LogP contribution in [0.15, 0.2) is 29.2 Å². The Morgan fingerprint density at radius 2 is 1.81 bits per heavy atom. The van der Waals surface area contributed by atoms with E-state index in [4.69, 9.17) is 0 Å². The van der Waals surface area contributed by atoms with Crippen molar-refractivity contribution in [1.29, 1.82) is 0 Å². The molecule has 2 bridgehead atoms. The Hall–Kier alpha value is -0.540. The van der Waals surface area contributed by atoms with Gasteiger partial charge in [0.25, 0.3) is 0 Å². The number of nitrogens with zero attached hydrogens (tertiary/aromatic N) is 1. The lowest BCUT2D eigenvalue weighted by atomic mass is 9.88. The largest absolute Gasteiger partial charge is 0.302 e. The molecule has 0 amide bonds. The number of piperidine rings is 3. The van der Waals surface area contributed by atoms with E-state index < -0.39 is 0 Å². The molecule has 1 aromatic rings. The molecule has 3 fully saturated rings. The van der Waals surface area contributed by atoms with Crippen LogP contribution in [0.1, 0.15) is 12.8 Å². The van der Waals surface area contributed by atoms with Crippen molar-refractivity contribution in [2.24, 2.45) is 5.92 Å². The molecule has 1 nitrogen and oxygen atoms in total. The number of benzene rings is 1. The van der Waals surface area contributed by atoms with Crippen LogP contribution in [0.4, 0.5) is 4.39 Å². The molecule has 0 N–H and O–H groups in total. The topological polar surface area (TPSA) is 3.24 Å². The van der Waals surface area contributed by atoms with Crippen LogP contribution < -0.4 is 0 Å². The maximum absolute atomic E-state index is 12.8. The standard InChI is InChI=1S/C13H16FNS/c14-11-1-3-12(4-2-11)16-13-9-15-7-5-10(13)6-8-15/h1-4,10,13H,5-9H2/t13-/m0/s1. The summed E-state index contributed by atoms with van der Waals surface area (Å²) in [5.74, 6) is 0.735. The lowest BCUT2D eigenvalue weighted by molar-refractivity contribution is 0.118. The third kappa shape index (κ3) is 2.11. The molecule has 86 valence electrons. The highest BCUT2D eigenvalue weighted by Crippen LogP contribution is 2.38. The first kappa shape index (κ1) is 10.6. The third-order valence-electron chi connectivity index (χ3n) is 3.70. The van der Waals surface area contributed by atoms with Crippen molar-refractivity contribution < 1.29 is 4.39 Å². The van der Waals surface area contributed by atoms with Crippen LogP contribution in [0.5, 0.6) is 0 Å². The molecule has 0 aliphatic carbocycles. The molecule has 3 aliphatic heterocycles. The molecule has 3 aliphatic rings. The molecule has 3 heteroatoms. The van der Waals surface area contributed by atoms with Gasteiger partial charge in [0, 0.05) is 16.7 Å². The van der Waals surface area contributed by atoms with Crippen LogP contribution >= 0.6 is 11.8 Å². The van der Waals surface area contributed by atoms with E-state index >= 15 is 0 Å². The molecule has 4 rings (SSSR count). The van der Waals surface area contributed by atoms with Gasteiger partial charge >= 0.3 is 0 Å². The molecule has 1 aromatic carbocycles. The second-order valence-electron chi connectivity index (χ2n) is 4.75. The van der Waals surface area contributed by atoms with Gasteiger partial charge in [0.2, 0.25) is 0 Å². The maximum Gasteiger partial charge on any atom is 0.123 e. The Kier molecular flexibility index (Phi) is 2.90. The minimum atomic E-state index is -0.140. The molecule has 0 radical (unpaired) electrons. The van der Waals surface area contributed by atoms with E-state index in [0.29, 0.717) is 5.25 Å². The summed E-state index contributed by atoms with van der Waals surface area (Å²) in [4.78, 5) is 3.77. The summed E-state index contributed by atoms with van der Waals surface area (Å²) in [7, 11) is 0. The van der Waals surface area contributed by atoms with Gasteiger partial charge in [-0.25, -0.2) is 4.39 Å². The Bertz CT molecular complexity index is 357. The van der Waals surface area contributed by atoms with Gasteiger partial charge in [0.05, 0.1) is 0 Å². The molecule has 16 heavy (non-hydrogen) atoms. The van der Waals surface area contributed by atoms with Gasteiger partial charge in [-0.3, -0.25) is 0 Å². The van der Waals surface area contributed by atoms with E-state index in [2.05, 4.69) is 4.90 Å². The summed E-state index contributed by atoms with van der Waals surface area (Å²) in [5, 5.41) is 0.716. The highest BCUT2D eigenvalue weighted by molar-refractivity contribution is 8.00. The van der Waals surface area contributed by atoms with E-state index in [-0.39, 0.29) is 5.82 Å². The number of fused-ring (bicyclic) bond motifs is 3. The molecule has 0 saturated carbocycles. The van der Waals surface area contributed by atoms with Crippen LogP contribution in [-0.4, -0.2) is 29.8 Å². The highest BCUT2D eigenvalue weighted by Gasteiger charge is 2.34. The molecule has 1 atom stereocenters. The van der Waals surface area contributed by atoms with Crippen LogP contribution in [0, 0.1) is 11.7 Å². The minimum Gasteiger partial charge on any atom is -0.302 e. The highest BCUT2D eigenvalue weighted by atomic mass is 32.2. The number of thioether (sulfide) groups is 1. The maximum atomic E-state index is 12.8. The van der Waals surface area contributed by atoms with Gasteiger partial charge < -0.3 is 4.90 Å². The van der Waals surface area contributed by atoms with Gasteiger partial charge in [0.15, 0.2) is 0 Å². The summed E-state index contributed by atoms with van der Waals surface area (Å²) >= 11 is 1.93. The normalized spacial score (nSPS) is 32.9. The molecule has 0 aromatic heterocycles. The van der Waals surface area contributed by atoms with Crippen LogP contribution in [0.25, 0.3) is 0 Å². The zero-order valence-electron chi connectivity index (χ0n) is 9.23. The van der Waals surface area contributed by atoms with E-state index in [1.165, 1.54) is 37.4 Å². The summed E-state index contributed by atoms with van der Waals surface area (Å²) < 4.78 is 12.8. The lowest BCUT2D eigenvalue weighted by Gasteiger charge is -2.44. The Labute approximate surface area is 100 Å². The Balaban J connectivity index is 1.68. The molecule has 0 spiro atoms. The Morgan fingerprint density at radius 3 is 2.38 bits per heavy atom. The number of rotatable bonds is 2.